The summed E-state index contributed by atoms with van der Waals surface area (Å²) in [4.78, 5) is 11.0. The third-order valence-corrected chi connectivity index (χ3v) is 13.0. The van der Waals surface area contributed by atoms with Gasteiger partial charge in [0.2, 0.25) is 5.95 Å². The number of para-hydroxylation sites is 2. The van der Waals surface area contributed by atoms with Crippen molar-refractivity contribution in [1.82, 2.24) is 19.1 Å². The smallest absolute Gasteiger partial charge is 0.235 e. The van der Waals surface area contributed by atoms with E-state index in [9.17, 15) is 0 Å². The van der Waals surface area contributed by atoms with E-state index in [2.05, 4.69) is 191 Å². The third-order valence-electron chi connectivity index (χ3n) is 11.9. The minimum atomic E-state index is 0.654. The van der Waals surface area contributed by atoms with E-state index in [1.807, 2.05) is 11.3 Å². The number of rotatable bonds is 3. The van der Waals surface area contributed by atoms with Gasteiger partial charge >= 0.3 is 0 Å². The third kappa shape index (κ3) is 4.37. The summed E-state index contributed by atoms with van der Waals surface area (Å²) in [6.07, 6.45) is 0. The fraction of sp³-hybridized carbons (Fsp3) is 0. The maximum absolute atomic E-state index is 5.61. The quantitative estimate of drug-likeness (QED) is 0.181. The molecular weight excluding hydrogens is 713 g/mol. The normalized spacial score (nSPS) is 12.2. The Morgan fingerprint density at radius 3 is 1.96 bits per heavy atom. The van der Waals surface area contributed by atoms with Crippen LogP contribution in [0.1, 0.15) is 0 Å². The van der Waals surface area contributed by atoms with E-state index in [0.29, 0.717) is 5.95 Å². The first-order valence-corrected chi connectivity index (χ1v) is 20.1. The monoisotopic (exact) mass is 742 g/mol. The van der Waals surface area contributed by atoms with Crippen molar-refractivity contribution < 1.29 is 0 Å². The van der Waals surface area contributed by atoms with E-state index in [1.54, 1.807) is 0 Å². The Balaban J connectivity index is 1.15. The topological polar surface area (TPSA) is 35.6 Å². The highest BCUT2D eigenvalue weighted by atomic mass is 32.1. The Kier molecular flexibility index (Phi) is 6.29. The van der Waals surface area contributed by atoms with Gasteiger partial charge in [0.05, 0.1) is 33.3 Å². The largest absolute Gasteiger partial charge is 0.309 e. The zero-order chi connectivity index (χ0) is 37.2. The fourth-order valence-electron chi connectivity index (χ4n) is 9.41. The average Bonchev–Trinajstić information content (AvgIpc) is 3.92. The zero-order valence-corrected chi connectivity index (χ0v) is 31.3. The van der Waals surface area contributed by atoms with Crippen molar-refractivity contribution in [2.75, 3.05) is 0 Å². The van der Waals surface area contributed by atoms with Gasteiger partial charge in [-0.25, -0.2) is 9.97 Å². The minimum absolute atomic E-state index is 0.654. The summed E-state index contributed by atoms with van der Waals surface area (Å²) in [5, 5.41) is 13.3. The molecule has 0 aliphatic heterocycles. The first-order valence-electron chi connectivity index (χ1n) is 19.3. The fourth-order valence-corrected chi connectivity index (χ4v) is 10.5. The number of hydrogen-bond donors (Lipinski definition) is 0. The van der Waals surface area contributed by atoms with Gasteiger partial charge in [-0.15, -0.1) is 11.3 Å². The summed E-state index contributed by atoms with van der Waals surface area (Å²) in [5.41, 5.74) is 8.56. The lowest BCUT2D eigenvalue weighted by atomic mass is 10.0. The molecule has 13 rings (SSSR count). The molecule has 0 fully saturated rings. The molecule has 0 saturated heterocycles. The van der Waals surface area contributed by atoms with E-state index < -0.39 is 0 Å². The summed E-state index contributed by atoms with van der Waals surface area (Å²) in [7, 11) is 0. The highest BCUT2D eigenvalue weighted by molar-refractivity contribution is 7.25. The molecule has 0 N–H and O–H groups in total. The first kappa shape index (κ1) is 30.9. The Labute approximate surface area is 330 Å². The molecule has 0 saturated carbocycles. The van der Waals surface area contributed by atoms with Crippen LogP contribution in [-0.2, 0) is 0 Å². The molecule has 4 aromatic heterocycles. The number of benzene rings is 9. The molecule has 0 amide bonds. The molecular formula is C52H30N4S. The Morgan fingerprint density at radius 1 is 0.368 bits per heavy atom. The molecule has 0 atom stereocenters. The molecule has 13 aromatic rings. The van der Waals surface area contributed by atoms with Gasteiger partial charge in [-0.3, -0.25) is 4.57 Å². The van der Waals surface area contributed by atoms with Crippen LogP contribution in [-0.4, -0.2) is 19.1 Å². The molecule has 0 aliphatic carbocycles. The van der Waals surface area contributed by atoms with Gasteiger partial charge in [0.1, 0.15) is 0 Å². The molecule has 0 radical (unpaired) electrons. The highest BCUT2D eigenvalue weighted by Crippen LogP contribution is 2.43. The van der Waals surface area contributed by atoms with Crippen LogP contribution in [0.4, 0.5) is 0 Å². The van der Waals surface area contributed by atoms with E-state index >= 15 is 0 Å². The van der Waals surface area contributed by atoms with Gasteiger partial charge in [0.15, 0.2) is 0 Å². The molecule has 57 heavy (non-hydrogen) atoms. The minimum Gasteiger partial charge on any atom is -0.309 e. The van der Waals surface area contributed by atoms with Crippen LogP contribution in [0.25, 0.3) is 119 Å². The van der Waals surface area contributed by atoms with Crippen molar-refractivity contribution in [1.29, 1.82) is 0 Å². The van der Waals surface area contributed by atoms with Crippen molar-refractivity contribution in [2.24, 2.45) is 0 Å². The lowest BCUT2D eigenvalue weighted by molar-refractivity contribution is 1.01. The number of fused-ring (bicyclic) bond motifs is 13. The Morgan fingerprint density at radius 2 is 1.07 bits per heavy atom. The van der Waals surface area contributed by atoms with Crippen molar-refractivity contribution in [3.05, 3.63) is 182 Å². The number of thiophene rings is 1. The standard InChI is InChI=1S/C52H30N4S/c1-2-14-33-29-45-41(28-32(33)13-1)36-16-6-9-21-43(36)55(45)34-25-26-38-46(30-34)56(44-27-24-31-12-3-4-15-35(31)49(38)44)52-53-42-20-8-5-17-37(42)51(54-52)40-19-11-23-48-50(40)39-18-7-10-22-47(39)57-48/h1-30H. The van der Waals surface area contributed by atoms with Gasteiger partial charge in [-0.2, -0.15) is 0 Å². The maximum atomic E-state index is 5.61. The Hall–Kier alpha value is -7.34. The van der Waals surface area contributed by atoms with Crippen molar-refractivity contribution in [3.8, 4) is 22.9 Å². The van der Waals surface area contributed by atoms with Crippen molar-refractivity contribution in [2.45, 2.75) is 0 Å². The summed E-state index contributed by atoms with van der Waals surface area (Å²) in [6.45, 7) is 0. The van der Waals surface area contributed by atoms with Crippen molar-refractivity contribution >= 4 is 108 Å². The van der Waals surface area contributed by atoms with E-state index in [4.69, 9.17) is 9.97 Å². The zero-order valence-electron chi connectivity index (χ0n) is 30.5. The predicted molar refractivity (Wildman–Crippen MR) is 242 cm³/mol. The number of aromatic nitrogens is 4. The molecule has 264 valence electrons. The molecule has 4 heterocycles. The molecule has 0 bridgehead atoms. The van der Waals surface area contributed by atoms with Gasteiger partial charge in [0.25, 0.3) is 0 Å². The van der Waals surface area contributed by atoms with Gasteiger partial charge in [0, 0.05) is 58.4 Å². The maximum Gasteiger partial charge on any atom is 0.235 e. The van der Waals surface area contributed by atoms with Crippen LogP contribution in [0.5, 0.6) is 0 Å². The van der Waals surface area contributed by atoms with Crippen molar-refractivity contribution in [3.63, 3.8) is 0 Å². The second-order valence-electron chi connectivity index (χ2n) is 15.0. The average molecular weight is 743 g/mol. The first-order chi connectivity index (χ1) is 28.3. The molecule has 9 aromatic carbocycles. The molecule has 4 nitrogen and oxygen atoms in total. The lowest BCUT2D eigenvalue weighted by Gasteiger charge is -2.13. The number of nitrogens with zero attached hydrogens (tertiary/aromatic N) is 4. The number of hydrogen-bond acceptors (Lipinski definition) is 3. The van der Waals surface area contributed by atoms with E-state index in [-0.39, 0.29) is 0 Å². The van der Waals surface area contributed by atoms with Gasteiger partial charge < -0.3 is 4.57 Å². The highest BCUT2D eigenvalue weighted by Gasteiger charge is 2.22. The molecule has 0 spiro atoms. The molecule has 0 unspecified atom stereocenters. The molecule has 5 heteroatoms. The van der Waals surface area contributed by atoms with Crippen LogP contribution >= 0.6 is 11.3 Å². The summed E-state index contributed by atoms with van der Waals surface area (Å²) in [5.74, 6) is 0.654. The van der Waals surface area contributed by atoms with Crippen LogP contribution in [0.3, 0.4) is 0 Å². The van der Waals surface area contributed by atoms with E-state index in [0.717, 1.165) is 38.9 Å². The second kappa shape index (κ2) is 11.6. The van der Waals surface area contributed by atoms with Crippen LogP contribution in [0.2, 0.25) is 0 Å². The summed E-state index contributed by atoms with van der Waals surface area (Å²) >= 11 is 1.83. The summed E-state index contributed by atoms with van der Waals surface area (Å²) in [6, 6.07) is 65.9. The van der Waals surface area contributed by atoms with Crippen LogP contribution in [0.15, 0.2) is 182 Å². The van der Waals surface area contributed by atoms with Crippen LogP contribution in [0, 0.1) is 0 Å². The summed E-state index contributed by atoms with van der Waals surface area (Å²) < 4.78 is 7.25. The second-order valence-corrected chi connectivity index (χ2v) is 16.0. The Bertz CT molecular complexity index is 3830. The SMILES string of the molecule is c1ccc2cc3c(cc2c1)c1ccccc1n3-c1ccc2c3c4ccccc4ccc3n(-c3nc(-c4cccc5sc6ccccc6c45)c4ccccc4n3)c2c1. The predicted octanol–water partition coefficient (Wildman–Crippen LogP) is 14.2. The lowest BCUT2D eigenvalue weighted by Crippen LogP contribution is -2.04. The van der Waals surface area contributed by atoms with Gasteiger partial charge in [-0.1, -0.05) is 127 Å². The van der Waals surface area contributed by atoms with Crippen LogP contribution < -0.4 is 0 Å². The molecule has 0 aliphatic rings. The van der Waals surface area contributed by atoms with Gasteiger partial charge in [-0.05, 0) is 76.1 Å². The van der Waals surface area contributed by atoms with E-state index in [1.165, 1.54) is 74.3 Å².